The Morgan fingerprint density at radius 3 is 2.79 bits per heavy atom. The molecule has 76 valence electrons. The van der Waals surface area contributed by atoms with E-state index in [2.05, 4.69) is 32.5 Å². The molecule has 14 heavy (non-hydrogen) atoms. The molecule has 0 bridgehead atoms. The molecule has 2 nitrogen and oxygen atoms in total. The van der Waals surface area contributed by atoms with Crippen molar-refractivity contribution in [3.05, 3.63) is 28.5 Å². The summed E-state index contributed by atoms with van der Waals surface area (Å²) in [6.07, 6.45) is 0.928. The molecule has 0 saturated heterocycles. The Labute approximate surface area is 92.4 Å². The molecule has 0 N–H and O–H groups in total. The van der Waals surface area contributed by atoms with E-state index < -0.39 is 17.6 Å². The van der Waals surface area contributed by atoms with Crippen LogP contribution >= 0.6 is 27.5 Å². The number of hydrogen-bond acceptors (Lipinski definition) is 2. The van der Waals surface area contributed by atoms with Crippen LogP contribution in [-0.4, -0.2) is 16.1 Å². The Hall–Kier alpha value is -0.550. The van der Waals surface area contributed by atoms with Crippen LogP contribution in [-0.2, 0) is 11.2 Å². The van der Waals surface area contributed by atoms with Crippen molar-refractivity contribution in [1.29, 1.82) is 0 Å². The highest BCUT2D eigenvalue weighted by Crippen LogP contribution is 2.23. The highest BCUT2D eigenvalue weighted by molar-refractivity contribution is 9.10. The van der Waals surface area contributed by atoms with Gasteiger partial charge in [0.2, 0.25) is 5.78 Å². The predicted octanol–water partition coefficient (Wildman–Crippen LogP) is 2.79. The van der Waals surface area contributed by atoms with Crippen molar-refractivity contribution >= 4 is 33.3 Å². The summed E-state index contributed by atoms with van der Waals surface area (Å²) < 4.78 is 25.1. The molecule has 0 aromatic carbocycles. The Bertz CT molecular complexity index is 353. The summed E-state index contributed by atoms with van der Waals surface area (Å²) in [5.74, 6) is -1.36. The highest BCUT2D eigenvalue weighted by atomic mass is 79.9. The van der Waals surface area contributed by atoms with E-state index >= 15 is 0 Å². The molecule has 0 spiro atoms. The van der Waals surface area contributed by atoms with Crippen LogP contribution in [0.1, 0.15) is 5.69 Å². The fraction of sp³-hybridized carbons (Fsp3) is 0.250. The van der Waals surface area contributed by atoms with Gasteiger partial charge in [-0.25, -0.2) is 0 Å². The van der Waals surface area contributed by atoms with Gasteiger partial charge in [-0.1, -0.05) is 0 Å². The number of carbonyl (C=O) groups is 1. The molecule has 1 aromatic rings. The normalized spacial score (nSPS) is 11.4. The first-order chi connectivity index (χ1) is 6.41. The largest absolute Gasteiger partial charge is 0.380 e. The fourth-order valence-corrected chi connectivity index (χ4v) is 1.26. The molecular formula is C8H5BrClF2NO. The molecule has 0 unspecified atom stereocenters. The first kappa shape index (κ1) is 11.5. The van der Waals surface area contributed by atoms with Crippen molar-refractivity contribution in [1.82, 2.24) is 4.98 Å². The summed E-state index contributed by atoms with van der Waals surface area (Å²) in [5, 5.41) is -3.82. The number of alkyl halides is 3. The smallest absolute Gasteiger partial charge is 0.291 e. The van der Waals surface area contributed by atoms with Gasteiger partial charge >= 0.3 is 5.38 Å². The Morgan fingerprint density at radius 1 is 1.64 bits per heavy atom. The first-order valence-electron chi connectivity index (χ1n) is 3.60. The third kappa shape index (κ3) is 2.99. The second-order valence-corrected chi connectivity index (χ2v) is 3.86. The highest BCUT2D eigenvalue weighted by Gasteiger charge is 2.35. The molecule has 0 aliphatic rings. The van der Waals surface area contributed by atoms with Gasteiger partial charge in [-0.05, 0) is 39.7 Å². The van der Waals surface area contributed by atoms with E-state index in [4.69, 9.17) is 0 Å². The van der Waals surface area contributed by atoms with E-state index in [1.165, 1.54) is 6.20 Å². The predicted molar refractivity (Wildman–Crippen MR) is 51.4 cm³/mol. The van der Waals surface area contributed by atoms with Crippen LogP contribution in [0, 0.1) is 0 Å². The number of pyridine rings is 1. The lowest BCUT2D eigenvalue weighted by atomic mass is 10.2. The maximum absolute atomic E-state index is 12.3. The molecule has 0 amide bonds. The summed E-state index contributed by atoms with van der Waals surface area (Å²) in [6, 6.07) is 3.24. The Balaban J connectivity index is 2.80. The van der Waals surface area contributed by atoms with Crippen LogP contribution in [0.5, 0.6) is 0 Å². The third-order valence-corrected chi connectivity index (χ3v) is 2.41. The van der Waals surface area contributed by atoms with E-state index in [9.17, 15) is 13.6 Å². The summed E-state index contributed by atoms with van der Waals surface area (Å²) in [6.45, 7) is 0. The van der Waals surface area contributed by atoms with Gasteiger partial charge in [0.15, 0.2) is 0 Å². The van der Waals surface area contributed by atoms with E-state index in [1.54, 1.807) is 12.1 Å². The minimum absolute atomic E-state index is 0.248. The number of carbonyl (C=O) groups excluding carboxylic acids is 1. The van der Waals surface area contributed by atoms with Gasteiger partial charge in [0, 0.05) is 10.7 Å². The number of rotatable bonds is 3. The number of nitrogens with zero attached hydrogens (tertiary/aromatic N) is 1. The van der Waals surface area contributed by atoms with Gasteiger partial charge in [0.25, 0.3) is 0 Å². The number of aromatic nitrogens is 1. The summed E-state index contributed by atoms with van der Waals surface area (Å²) in [5.41, 5.74) is 0.248. The van der Waals surface area contributed by atoms with E-state index in [0.717, 1.165) is 0 Å². The zero-order valence-corrected chi connectivity index (χ0v) is 9.15. The van der Waals surface area contributed by atoms with E-state index in [-0.39, 0.29) is 5.69 Å². The van der Waals surface area contributed by atoms with Gasteiger partial charge in [-0.15, -0.1) is 0 Å². The quantitative estimate of drug-likeness (QED) is 0.799. The van der Waals surface area contributed by atoms with Crippen LogP contribution < -0.4 is 0 Å². The van der Waals surface area contributed by atoms with Crippen molar-refractivity contribution in [3.63, 3.8) is 0 Å². The molecule has 0 aliphatic carbocycles. The maximum atomic E-state index is 12.3. The maximum Gasteiger partial charge on any atom is 0.380 e. The molecule has 1 rings (SSSR count). The van der Waals surface area contributed by atoms with E-state index in [0.29, 0.717) is 4.47 Å². The molecular weight excluding hydrogens is 279 g/mol. The van der Waals surface area contributed by atoms with Crippen molar-refractivity contribution < 1.29 is 13.6 Å². The second-order valence-electron chi connectivity index (χ2n) is 2.53. The lowest BCUT2D eigenvalue weighted by molar-refractivity contribution is -0.132. The lowest BCUT2D eigenvalue weighted by Gasteiger charge is -2.06. The molecule has 1 heterocycles. The summed E-state index contributed by atoms with van der Waals surface area (Å²) >= 11 is 7.65. The van der Waals surface area contributed by atoms with Gasteiger partial charge < -0.3 is 0 Å². The first-order valence-corrected chi connectivity index (χ1v) is 4.78. The van der Waals surface area contributed by atoms with Crippen LogP contribution in [0.25, 0.3) is 0 Å². The van der Waals surface area contributed by atoms with Gasteiger partial charge in [-0.2, -0.15) is 8.78 Å². The van der Waals surface area contributed by atoms with Crippen LogP contribution in [0.3, 0.4) is 0 Å². The lowest BCUT2D eigenvalue weighted by Crippen LogP contribution is -2.23. The van der Waals surface area contributed by atoms with Gasteiger partial charge in [-0.3, -0.25) is 9.78 Å². The van der Waals surface area contributed by atoms with Crippen LogP contribution in [0.2, 0.25) is 0 Å². The van der Waals surface area contributed by atoms with Crippen molar-refractivity contribution in [2.45, 2.75) is 11.8 Å². The zero-order chi connectivity index (χ0) is 10.8. The van der Waals surface area contributed by atoms with Gasteiger partial charge in [0.1, 0.15) is 0 Å². The summed E-state index contributed by atoms with van der Waals surface area (Å²) in [4.78, 5) is 14.6. The molecule has 1 aromatic heterocycles. The average molecular weight is 284 g/mol. The molecule has 0 atom stereocenters. The Kier molecular flexibility index (Phi) is 3.55. The number of Topliss-reactive ketones (excluding diaryl/α,β-unsaturated/α-hetero) is 1. The minimum Gasteiger partial charge on any atom is -0.291 e. The third-order valence-electron chi connectivity index (χ3n) is 1.48. The molecule has 0 aliphatic heterocycles. The fourth-order valence-electron chi connectivity index (χ4n) is 0.801. The van der Waals surface area contributed by atoms with Crippen molar-refractivity contribution in [3.8, 4) is 0 Å². The SMILES string of the molecule is O=C(Cc1ncccc1Br)C(F)(F)Cl. The zero-order valence-electron chi connectivity index (χ0n) is 6.81. The number of hydrogen-bond donors (Lipinski definition) is 0. The van der Waals surface area contributed by atoms with Crippen molar-refractivity contribution in [2.75, 3.05) is 0 Å². The molecule has 6 heteroatoms. The standard InChI is InChI=1S/C8H5BrClF2NO/c9-5-2-1-3-13-6(5)4-7(14)8(10,11)12/h1-3H,4H2. The topological polar surface area (TPSA) is 30.0 Å². The summed E-state index contributed by atoms with van der Waals surface area (Å²) in [7, 11) is 0. The van der Waals surface area contributed by atoms with Crippen LogP contribution in [0.4, 0.5) is 8.78 Å². The molecule has 0 fully saturated rings. The van der Waals surface area contributed by atoms with E-state index in [1.807, 2.05) is 0 Å². The average Bonchev–Trinajstić information content (AvgIpc) is 2.07. The monoisotopic (exact) mass is 283 g/mol. The van der Waals surface area contributed by atoms with Crippen molar-refractivity contribution in [2.24, 2.45) is 0 Å². The number of halogens is 4. The molecule has 0 saturated carbocycles. The van der Waals surface area contributed by atoms with Gasteiger partial charge in [0.05, 0.1) is 12.1 Å². The molecule has 0 radical (unpaired) electrons. The minimum atomic E-state index is -3.82. The Morgan fingerprint density at radius 2 is 2.29 bits per heavy atom. The second kappa shape index (κ2) is 4.31. The number of ketones is 1. The van der Waals surface area contributed by atoms with Crippen LogP contribution in [0.15, 0.2) is 22.8 Å².